The molecule has 12 nitrogen and oxygen atoms in total. The van der Waals surface area contributed by atoms with Crippen LogP contribution >= 0.6 is 7.60 Å². The molecule has 3 atom stereocenters. The highest BCUT2D eigenvalue weighted by Gasteiger charge is 2.66. The number of carboxylic acid groups (broad SMARTS) is 3. The molecule has 0 saturated carbocycles. The van der Waals surface area contributed by atoms with Crippen molar-refractivity contribution in [3.63, 3.8) is 0 Å². The molecule has 0 aliphatic heterocycles. The summed E-state index contributed by atoms with van der Waals surface area (Å²) in [5.74, 6) is 0. The molecule has 13 heteroatoms. The van der Waals surface area contributed by atoms with E-state index < -0.39 is 43.1 Å². The Labute approximate surface area is 123 Å². The minimum absolute atomic E-state index is 0.562. The highest BCUT2D eigenvalue weighted by Crippen LogP contribution is 2.59. The SMILES string of the molecule is CC(OC(=O)O)C(C)(OC(=O)O)C(C)(OC(=O)O)P(=O)(O)O. The maximum absolute atomic E-state index is 11.6. The van der Waals surface area contributed by atoms with Crippen molar-refractivity contribution < 1.29 is 58.3 Å². The van der Waals surface area contributed by atoms with Crippen molar-refractivity contribution in [1.29, 1.82) is 0 Å². The number of hydrogen-bond donors (Lipinski definition) is 5. The maximum Gasteiger partial charge on any atom is 0.507 e. The van der Waals surface area contributed by atoms with Crippen LogP contribution in [0.25, 0.3) is 0 Å². The van der Waals surface area contributed by atoms with Gasteiger partial charge in [0.05, 0.1) is 0 Å². The van der Waals surface area contributed by atoms with Gasteiger partial charge in [0, 0.05) is 0 Å². The standard InChI is InChI=1S/C9H15O12P/c1-4(19-5(10)11)8(2,20-6(12)13)9(3,21-7(14)15)22(16,17)18/h4H,1-3H3,(H,10,11)(H,12,13)(H,14,15)(H2,16,17,18). The van der Waals surface area contributed by atoms with Gasteiger partial charge in [0.15, 0.2) is 0 Å². The van der Waals surface area contributed by atoms with Gasteiger partial charge in [-0.2, -0.15) is 0 Å². The van der Waals surface area contributed by atoms with Gasteiger partial charge in [-0.25, -0.2) is 14.4 Å². The summed E-state index contributed by atoms with van der Waals surface area (Å²) >= 11 is 0. The first-order valence-corrected chi connectivity index (χ1v) is 7.07. The molecule has 0 bridgehead atoms. The molecule has 0 aromatic heterocycles. The van der Waals surface area contributed by atoms with Crippen LogP contribution in [0.4, 0.5) is 14.4 Å². The third-order valence-corrected chi connectivity index (χ3v) is 4.76. The fourth-order valence-electron chi connectivity index (χ4n) is 1.62. The van der Waals surface area contributed by atoms with Gasteiger partial charge in [0.25, 0.3) is 5.34 Å². The zero-order valence-corrected chi connectivity index (χ0v) is 12.5. The monoisotopic (exact) mass is 346 g/mol. The van der Waals surface area contributed by atoms with Crippen molar-refractivity contribution in [3.8, 4) is 0 Å². The van der Waals surface area contributed by atoms with Gasteiger partial charge in [0.2, 0.25) is 5.60 Å². The summed E-state index contributed by atoms with van der Waals surface area (Å²) < 4.78 is 24.4. The molecule has 0 aliphatic carbocycles. The molecule has 0 amide bonds. The normalized spacial score (nSPS) is 18.2. The van der Waals surface area contributed by atoms with Crippen molar-refractivity contribution in [2.24, 2.45) is 0 Å². The molecule has 0 rings (SSSR count). The van der Waals surface area contributed by atoms with Gasteiger partial charge < -0.3 is 39.3 Å². The first-order chi connectivity index (χ1) is 9.67. The second-order valence-electron chi connectivity index (χ2n) is 4.40. The average Bonchev–Trinajstić information content (AvgIpc) is 2.23. The Morgan fingerprint density at radius 2 is 1.36 bits per heavy atom. The number of carbonyl (C=O) groups is 3. The molecule has 0 aliphatic rings. The Kier molecular flexibility index (Phi) is 5.79. The molecule has 0 saturated heterocycles. The van der Waals surface area contributed by atoms with Gasteiger partial charge in [-0.3, -0.25) is 4.57 Å². The Bertz CT molecular complexity index is 511. The first-order valence-electron chi connectivity index (χ1n) is 5.46. The predicted molar refractivity (Wildman–Crippen MR) is 65.6 cm³/mol. The summed E-state index contributed by atoms with van der Waals surface area (Å²) in [4.78, 5) is 50.8. The van der Waals surface area contributed by atoms with Crippen LogP contribution in [0.2, 0.25) is 0 Å². The topological polar surface area (TPSA) is 197 Å². The molecule has 128 valence electrons. The molecule has 0 fully saturated rings. The van der Waals surface area contributed by atoms with E-state index in [1.807, 2.05) is 0 Å². The zero-order valence-electron chi connectivity index (χ0n) is 11.6. The van der Waals surface area contributed by atoms with Crippen LogP contribution in [-0.4, -0.2) is 60.6 Å². The summed E-state index contributed by atoms with van der Waals surface area (Å²) in [6.07, 6.45) is -7.93. The summed E-state index contributed by atoms with van der Waals surface area (Å²) in [7, 11) is -5.48. The van der Waals surface area contributed by atoms with Crippen LogP contribution < -0.4 is 0 Å². The van der Waals surface area contributed by atoms with E-state index in [1.54, 1.807) is 0 Å². The minimum Gasteiger partial charge on any atom is -0.450 e. The van der Waals surface area contributed by atoms with E-state index in [-0.39, 0.29) is 0 Å². The highest BCUT2D eigenvalue weighted by atomic mass is 31.2. The second kappa shape index (κ2) is 6.38. The van der Waals surface area contributed by atoms with E-state index in [0.717, 1.165) is 13.8 Å². The van der Waals surface area contributed by atoms with Gasteiger partial charge in [0.1, 0.15) is 6.10 Å². The Hall–Kier alpha value is -2.04. The third-order valence-electron chi connectivity index (χ3n) is 3.12. The lowest BCUT2D eigenvalue weighted by Gasteiger charge is -2.44. The molecule has 0 heterocycles. The zero-order chi connectivity index (χ0) is 17.9. The van der Waals surface area contributed by atoms with E-state index in [2.05, 4.69) is 14.2 Å². The fourth-order valence-corrected chi connectivity index (χ4v) is 2.62. The minimum atomic E-state index is -5.48. The molecule has 22 heavy (non-hydrogen) atoms. The largest absolute Gasteiger partial charge is 0.507 e. The van der Waals surface area contributed by atoms with Crippen LogP contribution in [0.1, 0.15) is 20.8 Å². The van der Waals surface area contributed by atoms with Crippen LogP contribution in [0.3, 0.4) is 0 Å². The molecule has 5 N–H and O–H groups in total. The van der Waals surface area contributed by atoms with Crippen molar-refractivity contribution in [1.82, 2.24) is 0 Å². The summed E-state index contributed by atoms with van der Waals surface area (Å²) in [6, 6.07) is 0. The fraction of sp³-hybridized carbons (Fsp3) is 0.667. The van der Waals surface area contributed by atoms with E-state index in [9.17, 15) is 28.7 Å². The lowest BCUT2D eigenvalue weighted by atomic mass is 9.93. The number of ether oxygens (including phenoxy) is 3. The summed E-state index contributed by atoms with van der Waals surface area (Å²) in [5.41, 5.74) is -2.69. The Balaban J connectivity index is 6.18. The number of hydrogen-bond acceptors (Lipinski definition) is 7. The van der Waals surface area contributed by atoms with Gasteiger partial charge in [-0.15, -0.1) is 0 Å². The van der Waals surface area contributed by atoms with Gasteiger partial charge >= 0.3 is 26.1 Å². The molecule has 3 unspecified atom stereocenters. The first kappa shape index (κ1) is 20.0. The van der Waals surface area contributed by atoms with Crippen LogP contribution in [0.5, 0.6) is 0 Å². The molecular formula is C9H15O12P. The summed E-state index contributed by atoms with van der Waals surface area (Å²) in [5, 5.41) is 22.8. The lowest BCUT2D eigenvalue weighted by Crippen LogP contribution is -2.61. The van der Waals surface area contributed by atoms with Crippen molar-refractivity contribution in [3.05, 3.63) is 0 Å². The van der Waals surface area contributed by atoms with Crippen molar-refractivity contribution in [2.45, 2.75) is 37.8 Å². The van der Waals surface area contributed by atoms with Crippen LogP contribution in [0.15, 0.2) is 0 Å². The Morgan fingerprint density at radius 3 is 1.64 bits per heavy atom. The molecular weight excluding hydrogens is 331 g/mol. The summed E-state index contributed by atoms with van der Waals surface area (Å²) in [6.45, 7) is 2.21. The van der Waals surface area contributed by atoms with Crippen LogP contribution in [-0.2, 0) is 18.8 Å². The highest BCUT2D eigenvalue weighted by molar-refractivity contribution is 7.53. The molecule has 0 aromatic rings. The smallest absolute Gasteiger partial charge is 0.450 e. The lowest BCUT2D eigenvalue weighted by molar-refractivity contribution is -0.170. The maximum atomic E-state index is 11.6. The molecule has 0 aromatic carbocycles. The van der Waals surface area contributed by atoms with Crippen molar-refractivity contribution >= 4 is 26.1 Å². The van der Waals surface area contributed by atoms with E-state index in [0.29, 0.717) is 6.92 Å². The van der Waals surface area contributed by atoms with E-state index in [1.165, 1.54) is 0 Å². The number of rotatable bonds is 6. The molecule has 0 spiro atoms. The Morgan fingerprint density at radius 1 is 0.955 bits per heavy atom. The quantitative estimate of drug-likeness (QED) is 0.261. The van der Waals surface area contributed by atoms with Crippen molar-refractivity contribution in [2.75, 3.05) is 0 Å². The second-order valence-corrected chi connectivity index (χ2v) is 6.34. The predicted octanol–water partition coefficient (Wildman–Crippen LogP) is 1.11. The van der Waals surface area contributed by atoms with Gasteiger partial charge in [-0.1, -0.05) is 0 Å². The van der Waals surface area contributed by atoms with Crippen LogP contribution in [0, 0.1) is 0 Å². The molecule has 0 radical (unpaired) electrons. The van der Waals surface area contributed by atoms with Gasteiger partial charge in [-0.05, 0) is 20.8 Å². The van der Waals surface area contributed by atoms with E-state index >= 15 is 0 Å². The average molecular weight is 346 g/mol. The van der Waals surface area contributed by atoms with E-state index in [4.69, 9.17) is 15.3 Å². The third kappa shape index (κ3) is 4.00.